The van der Waals surface area contributed by atoms with E-state index in [2.05, 4.69) is 6.58 Å². The molecule has 0 radical (unpaired) electrons. The van der Waals surface area contributed by atoms with Crippen LogP contribution in [-0.4, -0.2) is 30.0 Å². The van der Waals surface area contributed by atoms with Crippen molar-refractivity contribution in [3.05, 3.63) is 12.3 Å². The van der Waals surface area contributed by atoms with Crippen molar-refractivity contribution in [2.24, 2.45) is 5.73 Å². The minimum absolute atomic E-state index is 0.0913. The van der Waals surface area contributed by atoms with Gasteiger partial charge in [-0.15, -0.1) is 0 Å². The second kappa shape index (κ2) is 3.01. The summed E-state index contributed by atoms with van der Waals surface area (Å²) in [7, 11) is 0. The van der Waals surface area contributed by atoms with Gasteiger partial charge in [0.25, 0.3) is 5.92 Å². The van der Waals surface area contributed by atoms with Crippen molar-refractivity contribution in [3.8, 4) is 0 Å². The molecule has 0 aliphatic carbocycles. The van der Waals surface area contributed by atoms with Gasteiger partial charge in [-0.25, -0.2) is 8.78 Å². The Morgan fingerprint density at radius 2 is 2.33 bits per heavy atom. The molecule has 2 N–H and O–H groups in total. The molecule has 0 aromatic carbocycles. The van der Waals surface area contributed by atoms with Gasteiger partial charge in [0.05, 0.1) is 6.54 Å². The van der Waals surface area contributed by atoms with Crippen LogP contribution >= 0.6 is 0 Å². The first kappa shape index (κ1) is 9.45. The van der Waals surface area contributed by atoms with Crippen molar-refractivity contribution >= 4 is 0 Å². The normalized spacial score (nSPS) is 27.7. The lowest BCUT2D eigenvalue weighted by Gasteiger charge is -2.24. The van der Waals surface area contributed by atoms with E-state index < -0.39 is 5.92 Å². The van der Waals surface area contributed by atoms with E-state index in [1.807, 2.05) is 0 Å². The number of alkyl halides is 2. The van der Waals surface area contributed by atoms with Gasteiger partial charge in [-0.2, -0.15) is 0 Å². The highest BCUT2D eigenvalue weighted by atomic mass is 19.3. The fourth-order valence-corrected chi connectivity index (χ4v) is 1.55. The van der Waals surface area contributed by atoms with E-state index in [4.69, 9.17) is 5.73 Å². The summed E-state index contributed by atoms with van der Waals surface area (Å²) in [6.45, 7) is 5.42. The second-order valence-electron chi connectivity index (χ2n) is 3.31. The second-order valence-corrected chi connectivity index (χ2v) is 3.31. The molecule has 1 aliphatic heterocycles. The predicted molar refractivity (Wildman–Crippen MR) is 43.9 cm³/mol. The van der Waals surface area contributed by atoms with E-state index in [0.717, 1.165) is 0 Å². The van der Waals surface area contributed by atoms with E-state index >= 15 is 0 Å². The number of likely N-dealkylation sites (tertiary alicyclic amines) is 1. The molecule has 1 fully saturated rings. The Kier molecular flexibility index (Phi) is 2.37. The number of nitrogens with zero attached hydrogens (tertiary/aromatic N) is 1. The highest BCUT2D eigenvalue weighted by Crippen LogP contribution is 2.33. The van der Waals surface area contributed by atoms with Crippen molar-refractivity contribution in [2.45, 2.75) is 25.3 Å². The number of rotatable bonds is 2. The third-order valence-electron chi connectivity index (χ3n) is 2.17. The summed E-state index contributed by atoms with van der Waals surface area (Å²) >= 11 is 0. The number of halogens is 2. The third kappa shape index (κ3) is 1.75. The van der Waals surface area contributed by atoms with Crippen molar-refractivity contribution in [1.29, 1.82) is 0 Å². The Hall–Kier alpha value is -0.640. The molecule has 1 atom stereocenters. The van der Waals surface area contributed by atoms with Crippen LogP contribution in [0.5, 0.6) is 0 Å². The summed E-state index contributed by atoms with van der Waals surface area (Å²) in [5, 5.41) is 0. The highest BCUT2D eigenvalue weighted by molar-refractivity contribution is 5.04. The van der Waals surface area contributed by atoms with Gasteiger partial charge in [0.2, 0.25) is 0 Å². The van der Waals surface area contributed by atoms with Gasteiger partial charge in [-0.1, -0.05) is 6.58 Å². The smallest absolute Gasteiger partial charge is 0.267 e. The summed E-state index contributed by atoms with van der Waals surface area (Å²) in [6, 6.07) is -0.143. The van der Waals surface area contributed by atoms with E-state index in [-0.39, 0.29) is 25.6 Å². The summed E-state index contributed by atoms with van der Waals surface area (Å²) in [4.78, 5) is 1.58. The van der Waals surface area contributed by atoms with E-state index in [1.165, 1.54) is 0 Å². The zero-order valence-electron chi connectivity index (χ0n) is 7.19. The van der Waals surface area contributed by atoms with E-state index in [0.29, 0.717) is 5.70 Å². The first-order valence-electron chi connectivity index (χ1n) is 3.98. The zero-order valence-corrected chi connectivity index (χ0v) is 7.19. The molecule has 0 amide bonds. The largest absolute Gasteiger partial charge is 0.365 e. The molecule has 1 aliphatic rings. The monoisotopic (exact) mass is 176 g/mol. The van der Waals surface area contributed by atoms with Gasteiger partial charge < -0.3 is 10.6 Å². The Balaban J connectivity index is 2.64. The molecule has 1 saturated heterocycles. The van der Waals surface area contributed by atoms with Crippen LogP contribution in [0.2, 0.25) is 0 Å². The average Bonchev–Trinajstić information content (AvgIpc) is 2.23. The van der Waals surface area contributed by atoms with Crippen LogP contribution in [0.1, 0.15) is 13.3 Å². The number of hydrogen-bond donors (Lipinski definition) is 1. The summed E-state index contributed by atoms with van der Waals surface area (Å²) in [5.41, 5.74) is 5.91. The molecule has 1 rings (SSSR count). The minimum atomic E-state index is -2.57. The SMILES string of the molecule is C=C(CN)N1CC(F)(F)CC1C. The lowest BCUT2D eigenvalue weighted by Crippen LogP contribution is -2.31. The van der Waals surface area contributed by atoms with Gasteiger partial charge in [-0.05, 0) is 6.92 Å². The van der Waals surface area contributed by atoms with Gasteiger partial charge in [0.15, 0.2) is 0 Å². The van der Waals surface area contributed by atoms with E-state index in [9.17, 15) is 8.78 Å². The van der Waals surface area contributed by atoms with E-state index in [1.54, 1.807) is 11.8 Å². The molecular weight excluding hydrogens is 162 g/mol. The fourth-order valence-electron chi connectivity index (χ4n) is 1.55. The minimum Gasteiger partial charge on any atom is -0.365 e. The lowest BCUT2D eigenvalue weighted by atomic mass is 10.2. The molecule has 12 heavy (non-hydrogen) atoms. The topological polar surface area (TPSA) is 29.3 Å². The highest BCUT2D eigenvalue weighted by Gasteiger charge is 2.42. The van der Waals surface area contributed by atoms with Crippen molar-refractivity contribution in [2.75, 3.05) is 13.1 Å². The Morgan fingerprint density at radius 1 is 1.75 bits per heavy atom. The summed E-state index contributed by atoms with van der Waals surface area (Å²) in [5.74, 6) is -2.57. The standard InChI is InChI=1S/C8H14F2N2/c1-6-3-8(9,10)5-12(6)7(2)4-11/h6H,2-5,11H2,1H3. The molecule has 1 unspecified atom stereocenters. The van der Waals surface area contributed by atoms with Crippen LogP contribution in [0.15, 0.2) is 12.3 Å². The van der Waals surface area contributed by atoms with Gasteiger partial charge in [0, 0.05) is 24.7 Å². The predicted octanol–water partition coefficient (Wildman–Crippen LogP) is 1.19. The molecular formula is C8H14F2N2. The Labute approximate surface area is 71.0 Å². The average molecular weight is 176 g/mol. The first-order chi connectivity index (χ1) is 5.46. The van der Waals surface area contributed by atoms with Crippen LogP contribution in [0.4, 0.5) is 8.78 Å². The van der Waals surface area contributed by atoms with Crippen LogP contribution < -0.4 is 5.73 Å². The van der Waals surface area contributed by atoms with Crippen LogP contribution in [0, 0.1) is 0 Å². The lowest BCUT2D eigenvalue weighted by molar-refractivity contribution is 0.0146. The molecule has 0 aromatic rings. The maximum absolute atomic E-state index is 12.8. The number of hydrogen-bond acceptors (Lipinski definition) is 2. The molecule has 1 heterocycles. The van der Waals surface area contributed by atoms with Gasteiger partial charge in [0.1, 0.15) is 0 Å². The molecule has 0 spiro atoms. The first-order valence-corrected chi connectivity index (χ1v) is 3.98. The molecule has 0 saturated carbocycles. The molecule has 0 aromatic heterocycles. The maximum atomic E-state index is 12.8. The molecule has 70 valence electrons. The number of nitrogens with two attached hydrogens (primary N) is 1. The van der Waals surface area contributed by atoms with Crippen molar-refractivity contribution < 1.29 is 8.78 Å². The van der Waals surface area contributed by atoms with Gasteiger partial charge in [-0.3, -0.25) is 0 Å². The fraction of sp³-hybridized carbons (Fsp3) is 0.750. The summed E-state index contributed by atoms with van der Waals surface area (Å²) in [6.07, 6.45) is -0.0913. The third-order valence-corrected chi connectivity index (χ3v) is 2.17. The van der Waals surface area contributed by atoms with Gasteiger partial charge >= 0.3 is 0 Å². The molecule has 0 bridgehead atoms. The Bertz CT molecular complexity index is 191. The molecule has 4 heteroatoms. The zero-order chi connectivity index (χ0) is 9.35. The van der Waals surface area contributed by atoms with Crippen LogP contribution in [-0.2, 0) is 0 Å². The van der Waals surface area contributed by atoms with Crippen molar-refractivity contribution in [1.82, 2.24) is 4.90 Å². The Morgan fingerprint density at radius 3 is 2.67 bits per heavy atom. The molecule has 2 nitrogen and oxygen atoms in total. The van der Waals surface area contributed by atoms with Crippen LogP contribution in [0.3, 0.4) is 0 Å². The maximum Gasteiger partial charge on any atom is 0.267 e. The van der Waals surface area contributed by atoms with Crippen LogP contribution in [0.25, 0.3) is 0 Å². The quantitative estimate of drug-likeness (QED) is 0.684. The summed E-state index contributed by atoms with van der Waals surface area (Å²) < 4.78 is 25.6. The van der Waals surface area contributed by atoms with Crippen molar-refractivity contribution in [3.63, 3.8) is 0 Å².